The molecule has 0 aromatic heterocycles. The van der Waals surface area contributed by atoms with Crippen molar-refractivity contribution in [2.45, 2.75) is 39.5 Å². The molecule has 1 rings (SSSR count). The number of nitrogens with one attached hydrogen (secondary N) is 1. The molecule has 0 unspecified atom stereocenters. The molecule has 0 atom stereocenters. The van der Waals surface area contributed by atoms with Crippen molar-refractivity contribution in [3.8, 4) is 0 Å². The molecule has 0 radical (unpaired) electrons. The van der Waals surface area contributed by atoms with Gasteiger partial charge in [0.25, 0.3) is 0 Å². The summed E-state index contributed by atoms with van der Waals surface area (Å²) in [5.41, 5.74) is 0. The van der Waals surface area contributed by atoms with Gasteiger partial charge in [0, 0.05) is 6.54 Å². The fourth-order valence-corrected chi connectivity index (χ4v) is 3.91. The largest absolute Gasteiger partial charge is 0.315 e. The second-order valence-electron chi connectivity index (χ2n) is 5.36. The van der Waals surface area contributed by atoms with Gasteiger partial charge < -0.3 is 5.32 Å². The summed E-state index contributed by atoms with van der Waals surface area (Å²) in [4.78, 5) is 0. The molecule has 1 aliphatic carbocycles. The van der Waals surface area contributed by atoms with Crippen LogP contribution in [0, 0.1) is 11.8 Å². The molecule has 1 aliphatic rings. The fraction of sp³-hybridized carbons (Fsp3) is 1.00. The summed E-state index contributed by atoms with van der Waals surface area (Å²) in [6, 6.07) is 0. The third kappa shape index (κ3) is 5.85. The van der Waals surface area contributed by atoms with Crippen LogP contribution in [0.3, 0.4) is 0 Å². The van der Waals surface area contributed by atoms with E-state index < -0.39 is 9.84 Å². The number of hydrogen-bond donors (Lipinski definition) is 1. The summed E-state index contributed by atoms with van der Waals surface area (Å²) < 4.78 is 23.6. The minimum atomic E-state index is -2.83. The van der Waals surface area contributed by atoms with E-state index in [-0.39, 0.29) is 0 Å². The lowest BCUT2D eigenvalue weighted by atomic mass is 10.1. The Kier molecular flexibility index (Phi) is 5.76. The average Bonchev–Trinajstić information content (AvgIpc) is 2.64. The molecule has 1 saturated carbocycles. The third-order valence-electron chi connectivity index (χ3n) is 3.11. The van der Waals surface area contributed by atoms with Crippen LogP contribution in [0.15, 0.2) is 0 Å². The van der Waals surface area contributed by atoms with E-state index in [0.29, 0.717) is 29.9 Å². The second kappa shape index (κ2) is 6.60. The van der Waals surface area contributed by atoms with Gasteiger partial charge in [-0.15, -0.1) is 0 Å². The van der Waals surface area contributed by atoms with Crippen LogP contribution in [0.4, 0.5) is 0 Å². The van der Waals surface area contributed by atoms with E-state index in [1.165, 1.54) is 12.8 Å². The Labute approximate surface area is 99.9 Å². The average molecular weight is 247 g/mol. The first-order valence-corrected chi connectivity index (χ1v) is 8.23. The highest BCUT2D eigenvalue weighted by atomic mass is 32.2. The highest BCUT2D eigenvalue weighted by Crippen LogP contribution is 2.25. The number of rotatable bonds is 7. The zero-order valence-electron chi connectivity index (χ0n) is 10.5. The van der Waals surface area contributed by atoms with Crippen molar-refractivity contribution in [3.63, 3.8) is 0 Å². The van der Waals surface area contributed by atoms with Gasteiger partial charge in [-0.1, -0.05) is 26.7 Å². The summed E-state index contributed by atoms with van der Waals surface area (Å²) in [5.74, 6) is 1.74. The molecule has 1 fully saturated rings. The second-order valence-corrected chi connectivity index (χ2v) is 7.59. The lowest BCUT2D eigenvalue weighted by molar-refractivity contribution is 0.544. The number of sulfone groups is 1. The Morgan fingerprint density at radius 2 is 1.88 bits per heavy atom. The summed E-state index contributed by atoms with van der Waals surface area (Å²) >= 11 is 0. The highest BCUT2D eigenvalue weighted by Gasteiger charge is 2.22. The summed E-state index contributed by atoms with van der Waals surface area (Å²) in [6.07, 6.45) is 4.65. The zero-order valence-corrected chi connectivity index (χ0v) is 11.4. The van der Waals surface area contributed by atoms with Crippen LogP contribution in [-0.4, -0.2) is 33.0 Å². The van der Waals surface area contributed by atoms with Gasteiger partial charge in [0.15, 0.2) is 9.84 Å². The highest BCUT2D eigenvalue weighted by molar-refractivity contribution is 7.91. The molecule has 0 aliphatic heterocycles. The number of hydrogen-bond acceptors (Lipinski definition) is 3. The molecule has 0 saturated heterocycles. The molecule has 0 aromatic carbocycles. The van der Waals surface area contributed by atoms with Gasteiger partial charge in [-0.2, -0.15) is 0 Å². The van der Waals surface area contributed by atoms with Crippen molar-refractivity contribution in [1.29, 1.82) is 0 Å². The normalized spacial score (nSPS) is 18.4. The Morgan fingerprint density at radius 3 is 2.44 bits per heavy atom. The van der Waals surface area contributed by atoms with Crippen molar-refractivity contribution in [2.75, 3.05) is 24.6 Å². The first kappa shape index (κ1) is 14.0. The van der Waals surface area contributed by atoms with Gasteiger partial charge in [0.2, 0.25) is 0 Å². The molecule has 96 valence electrons. The molecule has 16 heavy (non-hydrogen) atoms. The smallest absolute Gasteiger partial charge is 0.151 e. The maximum atomic E-state index is 11.8. The van der Waals surface area contributed by atoms with Crippen LogP contribution < -0.4 is 5.32 Å². The van der Waals surface area contributed by atoms with Crippen molar-refractivity contribution in [1.82, 2.24) is 5.32 Å². The van der Waals surface area contributed by atoms with Crippen molar-refractivity contribution < 1.29 is 8.42 Å². The molecule has 0 heterocycles. The topological polar surface area (TPSA) is 46.2 Å². The van der Waals surface area contributed by atoms with Gasteiger partial charge >= 0.3 is 0 Å². The van der Waals surface area contributed by atoms with E-state index in [1.54, 1.807) is 0 Å². The van der Waals surface area contributed by atoms with Gasteiger partial charge in [0.1, 0.15) is 0 Å². The van der Waals surface area contributed by atoms with Crippen molar-refractivity contribution in [3.05, 3.63) is 0 Å². The quantitative estimate of drug-likeness (QED) is 0.698. The van der Waals surface area contributed by atoms with E-state index in [9.17, 15) is 8.42 Å². The molecule has 0 bridgehead atoms. The zero-order chi connectivity index (χ0) is 12.0. The first-order chi connectivity index (χ1) is 7.49. The Balaban J connectivity index is 2.18. The molecular weight excluding hydrogens is 222 g/mol. The summed E-state index contributed by atoms with van der Waals surface area (Å²) in [7, 11) is -2.83. The van der Waals surface area contributed by atoms with Gasteiger partial charge in [-0.3, -0.25) is 0 Å². The minimum Gasteiger partial charge on any atom is -0.315 e. The van der Waals surface area contributed by atoms with Gasteiger partial charge in [0.05, 0.1) is 11.5 Å². The van der Waals surface area contributed by atoms with Crippen LogP contribution in [0.2, 0.25) is 0 Å². The van der Waals surface area contributed by atoms with Crippen LogP contribution in [0.25, 0.3) is 0 Å². The van der Waals surface area contributed by atoms with E-state index in [2.05, 4.69) is 19.2 Å². The molecule has 0 spiro atoms. The molecule has 0 amide bonds. The van der Waals surface area contributed by atoms with E-state index in [1.807, 2.05) is 0 Å². The van der Waals surface area contributed by atoms with Crippen LogP contribution in [0.5, 0.6) is 0 Å². The van der Waals surface area contributed by atoms with Gasteiger partial charge in [-0.05, 0) is 31.2 Å². The first-order valence-electron chi connectivity index (χ1n) is 6.41. The molecule has 1 N–H and O–H groups in total. The standard InChI is InChI=1S/C12H25NO2S/c1-11(2)9-13-7-8-16(14,15)10-12-5-3-4-6-12/h11-13H,3-10H2,1-2H3. The van der Waals surface area contributed by atoms with Crippen molar-refractivity contribution in [2.24, 2.45) is 11.8 Å². The van der Waals surface area contributed by atoms with Crippen LogP contribution in [-0.2, 0) is 9.84 Å². The molecule has 4 heteroatoms. The van der Waals surface area contributed by atoms with Crippen LogP contribution in [0.1, 0.15) is 39.5 Å². The predicted octanol–water partition coefficient (Wildman–Crippen LogP) is 1.84. The molecule has 0 aromatic rings. The lowest BCUT2D eigenvalue weighted by Gasteiger charge is -2.11. The maximum absolute atomic E-state index is 11.8. The Bertz CT molecular complexity index is 279. The van der Waals surface area contributed by atoms with Crippen LogP contribution >= 0.6 is 0 Å². The Hall–Kier alpha value is -0.0900. The lowest BCUT2D eigenvalue weighted by Crippen LogP contribution is -2.28. The maximum Gasteiger partial charge on any atom is 0.151 e. The summed E-state index contributed by atoms with van der Waals surface area (Å²) in [5, 5.41) is 3.19. The fourth-order valence-electron chi connectivity index (χ4n) is 2.24. The minimum absolute atomic E-state index is 0.302. The van der Waals surface area contributed by atoms with Crippen molar-refractivity contribution >= 4 is 9.84 Å². The summed E-state index contributed by atoms with van der Waals surface area (Å²) in [6.45, 7) is 5.76. The third-order valence-corrected chi connectivity index (χ3v) is 4.91. The molecule has 3 nitrogen and oxygen atoms in total. The predicted molar refractivity (Wildman–Crippen MR) is 68.3 cm³/mol. The Morgan fingerprint density at radius 1 is 1.25 bits per heavy atom. The molecular formula is C12H25NO2S. The monoisotopic (exact) mass is 247 g/mol. The van der Waals surface area contributed by atoms with E-state index in [0.717, 1.165) is 19.4 Å². The SMILES string of the molecule is CC(C)CNCCS(=O)(=O)CC1CCCC1. The van der Waals surface area contributed by atoms with E-state index >= 15 is 0 Å². The van der Waals surface area contributed by atoms with Gasteiger partial charge in [-0.25, -0.2) is 8.42 Å². The van der Waals surface area contributed by atoms with E-state index in [4.69, 9.17) is 0 Å².